The highest BCUT2D eigenvalue weighted by Gasteiger charge is 2.41. The minimum Gasteiger partial charge on any atom is -0.467 e. The van der Waals surface area contributed by atoms with Crippen LogP contribution in [0.3, 0.4) is 0 Å². The molecule has 0 aromatic carbocycles. The monoisotopic (exact) mass is 278 g/mol. The van der Waals surface area contributed by atoms with Crippen LogP contribution in [0.4, 0.5) is 0 Å². The summed E-state index contributed by atoms with van der Waals surface area (Å²) in [6.45, 7) is 2.18. The average molecular weight is 279 g/mol. The van der Waals surface area contributed by atoms with E-state index in [4.69, 9.17) is 5.73 Å². The number of methoxy groups -OCH3 is 1. The third-order valence-corrected chi connectivity index (χ3v) is 3.63. The molecule has 18 heavy (non-hydrogen) atoms. The Kier molecular flexibility index (Phi) is 7.25. The number of esters is 1. The maximum atomic E-state index is 12.2. The second-order valence-electron chi connectivity index (χ2n) is 4.65. The van der Waals surface area contributed by atoms with Crippen molar-refractivity contribution in [3.05, 3.63) is 0 Å². The summed E-state index contributed by atoms with van der Waals surface area (Å²) in [5.74, 6) is -0.499. The fourth-order valence-electron chi connectivity index (χ4n) is 2.36. The van der Waals surface area contributed by atoms with E-state index in [1.165, 1.54) is 7.11 Å². The molecule has 3 N–H and O–H groups in total. The lowest BCUT2D eigenvalue weighted by molar-refractivity contribution is -0.146. The Bertz CT molecular complexity index is 291. The predicted molar refractivity (Wildman–Crippen MR) is 71.4 cm³/mol. The highest BCUT2D eigenvalue weighted by molar-refractivity contribution is 5.88. The summed E-state index contributed by atoms with van der Waals surface area (Å²) in [7, 11) is 1.32. The first-order valence-electron chi connectivity index (χ1n) is 6.18. The number of carbonyl (C=O) groups is 2. The maximum absolute atomic E-state index is 12.2. The van der Waals surface area contributed by atoms with Gasteiger partial charge in [-0.25, -0.2) is 4.79 Å². The summed E-state index contributed by atoms with van der Waals surface area (Å²) in [6, 6.07) is -0.559. The Morgan fingerprint density at radius 2 is 1.94 bits per heavy atom. The largest absolute Gasteiger partial charge is 0.467 e. The minimum atomic E-state index is -0.559. The molecule has 1 unspecified atom stereocenters. The van der Waals surface area contributed by atoms with E-state index >= 15 is 0 Å². The van der Waals surface area contributed by atoms with E-state index in [0.717, 1.165) is 25.7 Å². The molecule has 1 fully saturated rings. The predicted octanol–water partition coefficient (Wildman–Crippen LogP) is 0.995. The van der Waals surface area contributed by atoms with E-state index in [9.17, 15) is 9.59 Å². The molecule has 0 heterocycles. The van der Waals surface area contributed by atoms with Gasteiger partial charge >= 0.3 is 5.97 Å². The third-order valence-electron chi connectivity index (χ3n) is 3.63. The van der Waals surface area contributed by atoms with Gasteiger partial charge in [0.25, 0.3) is 0 Å². The van der Waals surface area contributed by atoms with E-state index in [1.807, 2.05) is 6.92 Å². The Hall–Kier alpha value is -0.810. The lowest BCUT2D eigenvalue weighted by atomic mass is 9.85. The number of carbonyl (C=O) groups excluding carboxylic acids is 2. The quantitative estimate of drug-likeness (QED) is 0.735. The van der Waals surface area contributed by atoms with Crippen LogP contribution in [-0.4, -0.2) is 31.6 Å². The number of amides is 1. The Balaban J connectivity index is 0.00000289. The van der Waals surface area contributed by atoms with Gasteiger partial charge in [-0.2, -0.15) is 0 Å². The number of nitrogens with two attached hydrogens (primary N) is 1. The van der Waals surface area contributed by atoms with Crippen LogP contribution in [0.1, 0.15) is 39.0 Å². The minimum absolute atomic E-state index is 0. The van der Waals surface area contributed by atoms with E-state index in [1.54, 1.807) is 0 Å². The molecule has 0 bridgehead atoms. The molecule has 0 radical (unpaired) electrons. The lowest BCUT2D eigenvalue weighted by Gasteiger charge is -2.27. The van der Waals surface area contributed by atoms with Gasteiger partial charge < -0.3 is 15.8 Å². The molecule has 0 spiro atoms. The van der Waals surface area contributed by atoms with E-state index < -0.39 is 17.4 Å². The smallest absolute Gasteiger partial charge is 0.328 e. The molecule has 0 aliphatic heterocycles. The van der Waals surface area contributed by atoms with Crippen LogP contribution in [0.15, 0.2) is 0 Å². The van der Waals surface area contributed by atoms with Crippen LogP contribution in [-0.2, 0) is 14.3 Å². The van der Waals surface area contributed by atoms with Gasteiger partial charge in [0.2, 0.25) is 5.91 Å². The fraction of sp³-hybridized carbons (Fsp3) is 0.833. The molecule has 1 aliphatic rings. The van der Waals surface area contributed by atoms with Crippen molar-refractivity contribution in [3.63, 3.8) is 0 Å². The zero-order valence-corrected chi connectivity index (χ0v) is 11.8. The van der Waals surface area contributed by atoms with Crippen molar-refractivity contribution < 1.29 is 14.3 Å². The highest BCUT2D eigenvalue weighted by atomic mass is 35.5. The van der Waals surface area contributed by atoms with Crippen molar-refractivity contribution in [2.45, 2.75) is 45.1 Å². The van der Waals surface area contributed by atoms with E-state index in [2.05, 4.69) is 10.1 Å². The molecular formula is C12H23ClN2O3. The van der Waals surface area contributed by atoms with Crippen molar-refractivity contribution in [1.82, 2.24) is 5.32 Å². The van der Waals surface area contributed by atoms with Crippen LogP contribution < -0.4 is 11.1 Å². The number of rotatable bonds is 5. The fourth-order valence-corrected chi connectivity index (χ4v) is 2.36. The molecule has 1 rings (SSSR count). The second kappa shape index (κ2) is 7.59. The zero-order valence-electron chi connectivity index (χ0n) is 11.0. The molecule has 1 saturated carbocycles. The Morgan fingerprint density at radius 3 is 2.33 bits per heavy atom. The van der Waals surface area contributed by atoms with Crippen molar-refractivity contribution in [2.24, 2.45) is 11.1 Å². The van der Waals surface area contributed by atoms with Crippen LogP contribution in [0.2, 0.25) is 0 Å². The van der Waals surface area contributed by atoms with Crippen molar-refractivity contribution >= 4 is 24.3 Å². The number of halogens is 1. The van der Waals surface area contributed by atoms with Crippen LogP contribution in [0, 0.1) is 5.41 Å². The zero-order chi connectivity index (χ0) is 12.9. The molecule has 0 aromatic heterocycles. The molecule has 106 valence electrons. The molecule has 5 nitrogen and oxygen atoms in total. The van der Waals surface area contributed by atoms with Crippen molar-refractivity contribution in [2.75, 3.05) is 13.7 Å². The van der Waals surface area contributed by atoms with Gasteiger partial charge in [0.1, 0.15) is 6.04 Å². The molecule has 0 saturated heterocycles. The van der Waals surface area contributed by atoms with Gasteiger partial charge in [-0.15, -0.1) is 12.4 Å². The number of ether oxygens (including phenoxy) is 1. The summed E-state index contributed by atoms with van der Waals surface area (Å²) < 4.78 is 4.65. The van der Waals surface area contributed by atoms with Gasteiger partial charge in [0.15, 0.2) is 0 Å². The SMILES string of the molecule is CCC(NC(=O)C1(CN)CCCC1)C(=O)OC.Cl. The standard InChI is InChI=1S/C12H22N2O3.ClH/c1-3-9(10(15)17-2)14-11(16)12(8-13)6-4-5-7-12;/h9H,3-8,13H2,1-2H3,(H,14,16);1H. The molecule has 1 atom stereocenters. The van der Waals surface area contributed by atoms with Gasteiger partial charge in [0, 0.05) is 6.54 Å². The van der Waals surface area contributed by atoms with Gasteiger partial charge in [0.05, 0.1) is 12.5 Å². The van der Waals surface area contributed by atoms with Gasteiger partial charge in [-0.3, -0.25) is 4.79 Å². The van der Waals surface area contributed by atoms with Crippen molar-refractivity contribution in [1.29, 1.82) is 0 Å². The first-order valence-corrected chi connectivity index (χ1v) is 6.18. The third kappa shape index (κ3) is 3.59. The first kappa shape index (κ1) is 17.2. The highest BCUT2D eigenvalue weighted by Crippen LogP contribution is 2.37. The summed E-state index contributed by atoms with van der Waals surface area (Å²) in [5.41, 5.74) is 5.25. The molecular weight excluding hydrogens is 256 g/mol. The van der Waals surface area contributed by atoms with Gasteiger partial charge in [-0.05, 0) is 19.3 Å². The molecule has 6 heteroatoms. The molecule has 1 aliphatic carbocycles. The van der Waals surface area contributed by atoms with Crippen molar-refractivity contribution in [3.8, 4) is 0 Å². The number of hydrogen-bond acceptors (Lipinski definition) is 4. The summed E-state index contributed by atoms with van der Waals surface area (Å²) in [5, 5.41) is 2.76. The lowest BCUT2D eigenvalue weighted by Crippen LogP contribution is -2.50. The number of nitrogens with one attached hydrogen (secondary N) is 1. The van der Waals surface area contributed by atoms with Crippen LogP contribution in [0.5, 0.6) is 0 Å². The average Bonchev–Trinajstić information content (AvgIpc) is 2.84. The van der Waals surface area contributed by atoms with Gasteiger partial charge in [-0.1, -0.05) is 19.8 Å². The van der Waals surface area contributed by atoms with E-state index in [-0.39, 0.29) is 18.3 Å². The Labute approximate surface area is 114 Å². The van der Waals surface area contributed by atoms with Crippen LogP contribution >= 0.6 is 12.4 Å². The maximum Gasteiger partial charge on any atom is 0.328 e. The molecule has 1 amide bonds. The Morgan fingerprint density at radius 1 is 1.39 bits per heavy atom. The number of hydrogen-bond donors (Lipinski definition) is 2. The normalized spacial score (nSPS) is 18.6. The first-order chi connectivity index (χ1) is 8.09. The molecule has 0 aromatic rings. The second-order valence-corrected chi connectivity index (χ2v) is 4.65. The topological polar surface area (TPSA) is 81.4 Å². The van der Waals surface area contributed by atoms with E-state index in [0.29, 0.717) is 13.0 Å². The summed E-state index contributed by atoms with van der Waals surface area (Å²) >= 11 is 0. The summed E-state index contributed by atoms with van der Waals surface area (Å²) in [6.07, 6.45) is 4.21. The summed E-state index contributed by atoms with van der Waals surface area (Å²) in [4.78, 5) is 23.6. The van der Waals surface area contributed by atoms with Crippen LogP contribution in [0.25, 0.3) is 0 Å².